The summed E-state index contributed by atoms with van der Waals surface area (Å²) < 4.78 is 1.85. The summed E-state index contributed by atoms with van der Waals surface area (Å²) in [5.41, 5.74) is 8.43. The largest absolute Gasteiger partial charge is 0.366 e. The third-order valence-electron chi connectivity index (χ3n) is 4.48. The van der Waals surface area contributed by atoms with E-state index in [2.05, 4.69) is 15.2 Å². The summed E-state index contributed by atoms with van der Waals surface area (Å²) in [5.74, 6) is 0.518. The third-order valence-corrected chi connectivity index (χ3v) is 4.48. The average molecular weight is 336 g/mol. The molecule has 7 heteroatoms. The van der Waals surface area contributed by atoms with Gasteiger partial charge >= 0.3 is 0 Å². The predicted molar refractivity (Wildman–Crippen MR) is 96.6 cm³/mol. The maximum absolute atomic E-state index is 11.2. The number of hydrogen-bond donors (Lipinski definition) is 2. The molecule has 1 amide bonds. The van der Waals surface area contributed by atoms with Crippen molar-refractivity contribution in [3.8, 4) is 11.3 Å². The number of nitrogens with two attached hydrogens (primary N) is 1. The van der Waals surface area contributed by atoms with E-state index in [9.17, 15) is 4.79 Å². The van der Waals surface area contributed by atoms with Gasteiger partial charge in [-0.05, 0) is 37.2 Å². The second-order valence-electron chi connectivity index (χ2n) is 6.14. The first-order valence-corrected chi connectivity index (χ1v) is 8.43. The second-order valence-corrected chi connectivity index (χ2v) is 6.14. The summed E-state index contributed by atoms with van der Waals surface area (Å²) in [6.45, 7) is 3.94. The van der Waals surface area contributed by atoms with E-state index in [1.165, 1.54) is 0 Å². The molecule has 0 unspecified atom stereocenters. The molecule has 3 N–H and O–H groups in total. The van der Waals surface area contributed by atoms with Gasteiger partial charge in [-0.1, -0.05) is 12.1 Å². The molecule has 0 aliphatic carbocycles. The van der Waals surface area contributed by atoms with Crippen molar-refractivity contribution in [3.05, 3.63) is 48.2 Å². The molecule has 2 aromatic heterocycles. The summed E-state index contributed by atoms with van der Waals surface area (Å²) in [4.78, 5) is 18.0. The number of nitrogens with zero attached hydrogens (tertiary/aromatic N) is 4. The Kier molecular flexibility index (Phi) is 4.07. The molecule has 3 aromatic rings. The van der Waals surface area contributed by atoms with Crippen LogP contribution in [-0.2, 0) is 0 Å². The Bertz CT molecular complexity index is 894. The smallest absolute Gasteiger partial charge is 0.248 e. The van der Waals surface area contributed by atoms with E-state index >= 15 is 0 Å². The van der Waals surface area contributed by atoms with Crippen LogP contribution in [-0.4, -0.2) is 46.7 Å². The van der Waals surface area contributed by atoms with Gasteiger partial charge in [0.2, 0.25) is 5.91 Å². The van der Waals surface area contributed by atoms with Gasteiger partial charge in [-0.15, -0.1) is 5.10 Å². The van der Waals surface area contributed by atoms with E-state index in [-0.39, 0.29) is 0 Å². The number of aromatic nitrogens is 3. The normalized spacial score (nSPS) is 15.3. The van der Waals surface area contributed by atoms with Gasteiger partial charge < -0.3 is 16.0 Å². The lowest BCUT2D eigenvalue weighted by molar-refractivity contribution is 0.100. The van der Waals surface area contributed by atoms with E-state index in [1.54, 1.807) is 18.3 Å². The van der Waals surface area contributed by atoms with Gasteiger partial charge in [-0.3, -0.25) is 4.79 Å². The van der Waals surface area contributed by atoms with Crippen molar-refractivity contribution < 1.29 is 4.79 Å². The Balaban J connectivity index is 1.72. The summed E-state index contributed by atoms with van der Waals surface area (Å²) in [5, 5.41) is 8.20. The zero-order valence-electron chi connectivity index (χ0n) is 13.9. The first-order chi connectivity index (χ1) is 12.2. The second kappa shape index (κ2) is 6.52. The minimum Gasteiger partial charge on any atom is -0.366 e. The van der Waals surface area contributed by atoms with Crippen LogP contribution >= 0.6 is 0 Å². The van der Waals surface area contributed by atoms with Crippen molar-refractivity contribution in [3.63, 3.8) is 0 Å². The molecule has 1 aliphatic heterocycles. The fraction of sp³-hybridized carbons (Fsp3) is 0.278. The molecule has 0 bridgehead atoms. The molecule has 7 nitrogen and oxygen atoms in total. The third kappa shape index (κ3) is 3.06. The Hall–Kier alpha value is -2.93. The van der Waals surface area contributed by atoms with Crippen LogP contribution < -0.4 is 16.0 Å². The number of benzene rings is 1. The number of rotatable bonds is 3. The van der Waals surface area contributed by atoms with Crippen LogP contribution in [0.2, 0.25) is 0 Å². The van der Waals surface area contributed by atoms with Gasteiger partial charge in [0.1, 0.15) is 5.82 Å². The molecule has 0 radical (unpaired) electrons. The Morgan fingerprint density at radius 3 is 2.72 bits per heavy atom. The number of anilines is 1. The van der Waals surface area contributed by atoms with Crippen LogP contribution in [0.15, 0.2) is 42.6 Å². The van der Waals surface area contributed by atoms with Gasteiger partial charge in [0.15, 0.2) is 5.65 Å². The highest BCUT2D eigenvalue weighted by molar-refractivity contribution is 5.93. The minimum absolute atomic E-state index is 0.431. The maximum Gasteiger partial charge on any atom is 0.248 e. The van der Waals surface area contributed by atoms with Crippen LogP contribution in [0.4, 0.5) is 5.82 Å². The van der Waals surface area contributed by atoms with E-state index < -0.39 is 5.91 Å². The summed E-state index contributed by atoms with van der Waals surface area (Å²) in [7, 11) is 0. The Labute approximate surface area is 145 Å². The molecule has 1 aromatic carbocycles. The molecule has 4 rings (SSSR count). The lowest BCUT2D eigenvalue weighted by Crippen LogP contribution is -2.29. The highest BCUT2D eigenvalue weighted by Crippen LogP contribution is 2.22. The fourth-order valence-electron chi connectivity index (χ4n) is 3.11. The molecular weight excluding hydrogens is 316 g/mol. The van der Waals surface area contributed by atoms with Crippen molar-refractivity contribution in [2.75, 3.05) is 31.1 Å². The van der Waals surface area contributed by atoms with Gasteiger partial charge in [0.25, 0.3) is 0 Å². The van der Waals surface area contributed by atoms with E-state index in [0.717, 1.165) is 55.3 Å². The lowest BCUT2D eigenvalue weighted by atomic mass is 10.1. The van der Waals surface area contributed by atoms with Gasteiger partial charge in [0, 0.05) is 30.8 Å². The van der Waals surface area contributed by atoms with Gasteiger partial charge in [-0.25, -0.2) is 9.50 Å². The topological polar surface area (TPSA) is 88.5 Å². The van der Waals surface area contributed by atoms with Gasteiger partial charge in [0.05, 0.1) is 11.9 Å². The van der Waals surface area contributed by atoms with Crippen molar-refractivity contribution in [1.82, 2.24) is 19.9 Å². The molecule has 1 aliphatic rings. The van der Waals surface area contributed by atoms with E-state index in [4.69, 9.17) is 10.8 Å². The van der Waals surface area contributed by atoms with Crippen molar-refractivity contribution in [1.29, 1.82) is 0 Å². The fourth-order valence-corrected chi connectivity index (χ4v) is 3.11. The first-order valence-electron chi connectivity index (χ1n) is 8.43. The summed E-state index contributed by atoms with van der Waals surface area (Å²) >= 11 is 0. The molecule has 25 heavy (non-hydrogen) atoms. The van der Waals surface area contributed by atoms with Crippen molar-refractivity contribution in [2.24, 2.45) is 5.73 Å². The van der Waals surface area contributed by atoms with Crippen LogP contribution in [0, 0.1) is 0 Å². The first kappa shape index (κ1) is 15.6. The molecule has 0 spiro atoms. The van der Waals surface area contributed by atoms with Crippen LogP contribution in [0.3, 0.4) is 0 Å². The van der Waals surface area contributed by atoms with Crippen LogP contribution in [0.25, 0.3) is 16.9 Å². The predicted octanol–water partition coefficient (Wildman–Crippen LogP) is 1.29. The molecular formula is C18H20N6O. The number of imidazole rings is 1. The number of carbonyl (C=O) groups excluding carboxylic acids is 1. The highest BCUT2D eigenvalue weighted by atomic mass is 16.1. The number of carbonyl (C=O) groups is 1. The van der Waals surface area contributed by atoms with Crippen molar-refractivity contribution >= 4 is 17.4 Å². The molecule has 3 heterocycles. The average Bonchev–Trinajstić information content (AvgIpc) is 2.86. The number of fused-ring (bicyclic) bond motifs is 1. The van der Waals surface area contributed by atoms with Crippen LogP contribution in [0.1, 0.15) is 16.8 Å². The molecule has 128 valence electrons. The number of hydrogen-bond acceptors (Lipinski definition) is 5. The van der Waals surface area contributed by atoms with Gasteiger partial charge in [-0.2, -0.15) is 0 Å². The molecule has 0 atom stereocenters. The Morgan fingerprint density at radius 2 is 1.92 bits per heavy atom. The number of primary amides is 1. The monoisotopic (exact) mass is 336 g/mol. The molecule has 1 fully saturated rings. The molecule has 0 saturated carbocycles. The quantitative estimate of drug-likeness (QED) is 0.752. The van der Waals surface area contributed by atoms with E-state index in [1.807, 2.05) is 28.8 Å². The standard InChI is InChI=1S/C18H20N6O/c19-18(25)14-4-2-13(3-5-14)15-12-21-16-6-7-17(22-24(15)16)23-10-1-8-20-9-11-23/h2-7,12,20H,1,8-11H2,(H2,19,25). The maximum atomic E-state index is 11.2. The number of nitrogens with one attached hydrogen (secondary N) is 1. The Morgan fingerprint density at radius 1 is 1.08 bits per heavy atom. The van der Waals surface area contributed by atoms with Crippen molar-refractivity contribution in [2.45, 2.75) is 6.42 Å². The van der Waals surface area contributed by atoms with Crippen LogP contribution in [0.5, 0.6) is 0 Å². The zero-order valence-corrected chi connectivity index (χ0v) is 13.9. The SMILES string of the molecule is NC(=O)c1ccc(-c2cnc3ccc(N4CCCNCC4)nn23)cc1. The lowest BCUT2D eigenvalue weighted by Gasteiger charge is -2.20. The molecule has 1 saturated heterocycles. The van der Waals surface area contributed by atoms with E-state index in [0.29, 0.717) is 5.56 Å². The zero-order chi connectivity index (χ0) is 17.2. The number of amides is 1. The highest BCUT2D eigenvalue weighted by Gasteiger charge is 2.14. The minimum atomic E-state index is -0.431. The summed E-state index contributed by atoms with van der Waals surface area (Å²) in [6, 6.07) is 11.2. The summed E-state index contributed by atoms with van der Waals surface area (Å²) in [6.07, 6.45) is 2.90.